The number of hydrogen-bond acceptors (Lipinski definition) is 4. The Kier molecular flexibility index (Phi) is 11.1. The van der Waals surface area contributed by atoms with Crippen LogP contribution in [0.4, 0.5) is 0 Å². The maximum absolute atomic E-state index is 11.2. The fraction of sp³-hybridized carbons (Fsp3) is 1.00. The summed E-state index contributed by atoms with van der Waals surface area (Å²) in [4.78, 5) is 18.0. The Morgan fingerprint density at radius 2 is 1.50 bits per heavy atom. The molecule has 0 aliphatic rings. The number of hydrogen-bond donors (Lipinski definition) is 4. The molecule has 10 heteroatoms. The number of nitrogens with one attached hydrogen (secondary N) is 1. The first-order valence-electron chi connectivity index (χ1n) is 8.06. The molecule has 2 unspecified atom stereocenters. The molecule has 0 aliphatic carbocycles. The van der Waals surface area contributed by atoms with E-state index < -0.39 is 15.7 Å². The van der Waals surface area contributed by atoms with Gasteiger partial charge in [0.15, 0.2) is 0 Å². The highest BCUT2D eigenvalue weighted by Gasteiger charge is 2.26. The molecule has 0 aromatic rings. The van der Waals surface area contributed by atoms with Crippen LogP contribution in [0.1, 0.15) is 40.5 Å². The summed E-state index contributed by atoms with van der Waals surface area (Å²) in [5.74, 6) is 0. The van der Waals surface area contributed by atoms with E-state index in [-0.39, 0.29) is 17.0 Å². The highest BCUT2D eigenvalue weighted by molar-refractivity contribution is 7.55. The molecule has 0 amide bonds. The van der Waals surface area contributed by atoms with E-state index in [9.17, 15) is 14.0 Å². The molecule has 5 N–H and O–H groups in total. The summed E-state index contributed by atoms with van der Waals surface area (Å²) < 4.78 is 32.9. The number of ether oxygens (including phenoxy) is 2. The average molecular weight is 388 g/mol. The summed E-state index contributed by atoms with van der Waals surface area (Å²) >= 11 is 0. The van der Waals surface area contributed by atoms with Crippen molar-refractivity contribution >= 4 is 15.7 Å². The summed E-state index contributed by atoms with van der Waals surface area (Å²) in [6.07, 6.45) is 1.49. The second kappa shape index (κ2) is 11.0. The van der Waals surface area contributed by atoms with Crippen molar-refractivity contribution in [1.82, 2.24) is 5.09 Å². The quantitative estimate of drug-likeness (QED) is 0.262. The SMILES string of the molecule is CC(C)(CCOCCOCCC(C)(C)CP(N)(=O)O)CN[PH](=O)O. The first kappa shape index (κ1) is 24.2. The van der Waals surface area contributed by atoms with Crippen molar-refractivity contribution in [3.05, 3.63) is 0 Å². The zero-order valence-electron chi connectivity index (χ0n) is 15.2. The minimum Gasteiger partial charge on any atom is -0.379 e. The Morgan fingerprint density at radius 1 is 1.04 bits per heavy atom. The van der Waals surface area contributed by atoms with Gasteiger partial charge in [0.2, 0.25) is 0 Å². The van der Waals surface area contributed by atoms with Gasteiger partial charge in [0.1, 0.15) is 0 Å². The molecule has 0 saturated heterocycles. The number of nitrogens with two attached hydrogens (primary N) is 1. The van der Waals surface area contributed by atoms with Crippen LogP contribution in [0.25, 0.3) is 0 Å². The predicted molar refractivity (Wildman–Crippen MR) is 96.5 cm³/mol. The van der Waals surface area contributed by atoms with Gasteiger partial charge in [0, 0.05) is 25.9 Å². The molecule has 146 valence electrons. The third-order valence-electron chi connectivity index (χ3n) is 3.59. The van der Waals surface area contributed by atoms with Crippen LogP contribution in [0.3, 0.4) is 0 Å². The van der Waals surface area contributed by atoms with Gasteiger partial charge in [-0.15, -0.1) is 0 Å². The van der Waals surface area contributed by atoms with Crippen LogP contribution < -0.4 is 10.6 Å². The normalized spacial score (nSPS) is 16.8. The third kappa shape index (κ3) is 15.7. The fourth-order valence-electron chi connectivity index (χ4n) is 2.11. The maximum atomic E-state index is 11.2. The van der Waals surface area contributed by atoms with Crippen molar-refractivity contribution in [3.8, 4) is 0 Å². The van der Waals surface area contributed by atoms with Crippen LogP contribution in [-0.2, 0) is 18.6 Å². The van der Waals surface area contributed by atoms with Gasteiger partial charge in [-0.1, -0.05) is 27.7 Å². The van der Waals surface area contributed by atoms with Crippen LogP contribution in [-0.4, -0.2) is 48.9 Å². The standard InChI is InChI=1S/C14H34N2O6P2/c1-13(2,11-16-23(17)18)5-7-21-9-10-22-8-6-14(3,4)12-24(15,19)20/h23H,5-12H2,1-4H3,(H3,15,19,20)(H2,16,17,18). The molecule has 0 aliphatic heterocycles. The predicted octanol–water partition coefficient (Wildman–Crippen LogP) is 1.97. The second-order valence-corrected chi connectivity index (χ2v) is 10.4. The first-order valence-corrected chi connectivity index (χ1v) is 11.3. The summed E-state index contributed by atoms with van der Waals surface area (Å²) in [5, 5.41) is 2.56. The van der Waals surface area contributed by atoms with Crippen molar-refractivity contribution < 1.29 is 28.4 Å². The van der Waals surface area contributed by atoms with Gasteiger partial charge in [-0.2, -0.15) is 0 Å². The molecule has 0 spiro atoms. The summed E-state index contributed by atoms with van der Waals surface area (Å²) in [7, 11) is -6.14. The third-order valence-corrected chi connectivity index (χ3v) is 5.38. The van der Waals surface area contributed by atoms with Crippen molar-refractivity contribution in [2.45, 2.75) is 40.5 Å². The highest BCUT2D eigenvalue weighted by atomic mass is 31.2. The van der Waals surface area contributed by atoms with E-state index >= 15 is 0 Å². The molecule has 2 atom stereocenters. The van der Waals surface area contributed by atoms with Gasteiger partial charge in [-0.05, 0) is 23.7 Å². The van der Waals surface area contributed by atoms with E-state index in [1.807, 2.05) is 27.7 Å². The lowest BCUT2D eigenvalue weighted by Crippen LogP contribution is -2.27. The van der Waals surface area contributed by atoms with Crippen LogP contribution in [0.2, 0.25) is 0 Å². The van der Waals surface area contributed by atoms with Gasteiger partial charge >= 0.3 is 0 Å². The minimum absolute atomic E-state index is 0.0726. The highest BCUT2D eigenvalue weighted by Crippen LogP contribution is 2.39. The van der Waals surface area contributed by atoms with Crippen molar-refractivity contribution in [2.24, 2.45) is 16.3 Å². The Labute approximate surface area is 145 Å². The maximum Gasteiger partial charge on any atom is 0.265 e. The van der Waals surface area contributed by atoms with E-state index in [0.717, 1.165) is 6.42 Å². The van der Waals surface area contributed by atoms with Gasteiger partial charge in [-0.3, -0.25) is 14.6 Å². The average Bonchev–Trinajstić information content (AvgIpc) is 2.37. The Hall–Kier alpha value is 0.220. The fourth-order valence-corrected chi connectivity index (χ4v) is 4.13. The van der Waals surface area contributed by atoms with Crippen LogP contribution >= 0.6 is 15.7 Å². The van der Waals surface area contributed by atoms with Gasteiger partial charge in [-0.25, -0.2) is 5.09 Å². The van der Waals surface area contributed by atoms with Crippen LogP contribution in [0.15, 0.2) is 0 Å². The Bertz CT molecular complexity index is 425. The lowest BCUT2D eigenvalue weighted by Gasteiger charge is -2.25. The van der Waals surface area contributed by atoms with E-state index in [1.54, 1.807) is 0 Å². The van der Waals surface area contributed by atoms with E-state index in [1.165, 1.54) is 0 Å². The van der Waals surface area contributed by atoms with Gasteiger partial charge < -0.3 is 19.3 Å². The van der Waals surface area contributed by atoms with E-state index in [4.69, 9.17) is 19.9 Å². The van der Waals surface area contributed by atoms with Crippen molar-refractivity contribution in [3.63, 3.8) is 0 Å². The molecule has 0 radical (unpaired) electrons. The molecule has 0 rings (SSSR count). The molecular formula is C14H34N2O6P2. The Balaban J connectivity index is 3.67. The van der Waals surface area contributed by atoms with E-state index in [0.29, 0.717) is 39.4 Å². The van der Waals surface area contributed by atoms with Crippen molar-refractivity contribution in [1.29, 1.82) is 0 Å². The number of rotatable bonds is 14. The Morgan fingerprint density at radius 3 is 1.92 bits per heavy atom. The molecule has 8 nitrogen and oxygen atoms in total. The molecular weight excluding hydrogens is 354 g/mol. The lowest BCUT2D eigenvalue weighted by atomic mass is 9.90. The van der Waals surface area contributed by atoms with E-state index in [2.05, 4.69) is 5.09 Å². The first-order chi connectivity index (χ1) is 10.8. The molecule has 0 aromatic carbocycles. The molecule has 0 heterocycles. The van der Waals surface area contributed by atoms with Gasteiger partial charge in [0.05, 0.1) is 13.2 Å². The second-order valence-electron chi connectivity index (χ2n) is 7.63. The summed E-state index contributed by atoms with van der Waals surface area (Å²) in [6, 6.07) is 0. The van der Waals surface area contributed by atoms with Crippen molar-refractivity contribution in [2.75, 3.05) is 39.1 Å². The lowest BCUT2D eigenvalue weighted by molar-refractivity contribution is 0.0304. The zero-order chi connectivity index (χ0) is 18.9. The molecule has 0 saturated carbocycles. The van der Waals surface area contributed by atoms with Crippen LogP contribution in [0.5, 0.6) is 0 Å². The molecule has 0 fully saturated rings. The van der Waals surface area contributed by atoms with Crippen LogP contribution in [0, 0.1) is 10.8 Å². The molecule has 0 bridgehead atoms. The monoisotopic (exact) mass is 388 g/mol. The summed E-state index contributed by atoms with van der Waals surface area (Å²) in [5.41, 5.74) is 4.74. The smallest absolute Gasteiger partial charge is 0.265 e. The largest absolute Gasteiger partial charge is 0.379 e. The minimum atomic E-state index is -3.50. The topological polar surface area (TPSA) is 131 Å². The molecule has 24 heavy (non-hydrogen) atoms. The zero-order valence-corrected chi connectivity index (χ0v) is 17.1. The van der Waals surface area contributed by atoms with Gasteiger partial charge in [0.25, 0.3) is 15.7 Å². The summed E-state index contributed by atoms with van der Waals surface area (Å²) in [6.45, 7) is 10.2. The molecule has 0 aromatic heterocycles.